The Morgan fingerprint density at radius 3 is 2.89 bits per heavy atom. The van der Waals surface area contributed by atoms with Gasteiger partial charge < -0.3 is 24.6 Å². The van der Waals surface area contributed by atoms with Gasteiger partial charge in [0.15, 0.2) is 5.96 Å². The van der Waals surface area contributed by atoms with E-state index in [1.165, 1.54) is 11.5 Å². The first kappa shape index (κ1) is 20.3. The van der Waals surface area contributed by atoms with Crippen LogP contribution in [0.25, 0.3) is 0 Å². The van der Waals surface area contributed by atoms with Gasteiger partial charge in [-0.25, -0.2) is 4.98 Å². The molecule has 1 N–H and O–H groups in total. The van der Waals surface area contributed by atoms with Crippen LogP contribution in [-0.4, -0.2) is 86.4 Å². The van der Waals surface area contributed by atoms with Crippen LogP contribution >= 0.6 is 11.5 Å². The summed E-state index contributed by atoms with van der Waals surface area (Å²) in [7, 11) is 1.85. The number of aliphatic imine (C=N–C) groups is 1. The Morgan fingerprint density at radius 2 is 2.22 bits per heavy atom. The molecular weight excluding hydrogens is 364 g/mol. The van der Waals surface area contributed by atoms with Crippen LogP contribution in [0.5, 0.6) is 0 Å². The summed E-state index contributed by atoms with van der Waals surface area (Å²) >= 11 is 1.51. The Balaban J connectivity index is 1.31. The van der Waals surface area contributed by atoms with Gasteiger partial charge in [-0.15, -0.1) is 0 Å². The predicted octanol–water partition coefficient (Wildman–Crippen LogP) is 1.24. The van der Waals surface area contributed by atoms with Gasteiger partial charge in [-0.3, -0.25) is 4.99 Å². The SMILES string of the molecule is CCc1nsc(N2CCN(C(=NC)NCCCOCC3CCOC3)CC2)n1. The van der Waals surface area contributed by atoms with Crippen molar-refractivity contribution < 1.29 is 9.47 Å². The molecule has 0 spiro atoms. The normalized spacial score (nSPS) is 21.1. The van der Waals surface area contributed by atoms with Crippen molar-refractivity contribution in [3.05, 3.63) is 5.82 Å². The quantitative estimate of drug-likeness (QED) is 0.402. The maximum absolute atomic E-state index is 5.76. The average Bonchev–Trinajstić information content (AvgIpc) is 3.39. The molecule has 2 aliphatic rings. The lowest BCUT2D eigenvalue weighted by atomic mass is 10.1. The van der Waals surface area contributed by atoms with E-state index in [2.05, 4.69) is 36.4 Å². The number of nitrogens with zero attached hydrogens (tertiary/aromatic N) is 5. The van der Waals surface area contributed by atoms with Crippen molar-refractivity contribution in [2.24, 2.45) is 10.9 Å². The van der Waals surface area contributed by atoms with Gasteiger partial charge in [0.25, 0.3) is 0 Å². The fraction of sp³-hybridized carbons (Fsp3) is 0.833. The molecule has 1 aromatic heterocycles. The highest BCUT2D eigenvalue weighted by atomic mass is 32.1. The molecule has 0 saturated carbocycles. The molecule has 0 bridgehead atoms. The molecule has 1 aromatic rings. The lowest BCUT2D eigenvalue weighted by Crippen LogP contribution is -2.52. The van der Waals surface area contributed by atoms with Crippen LogP contribution < -0.4 is 10.2 Å². The predicted molar refractivity (Wildman–Crippen MR) is 109 cm³/mol. The first-order valence-corrected chi connectivity index (χ1v) is 10.8. The van der Waals surface area contributed by atoms with Crippen molar-refractivity contribution in [3.8, 4) is 0 Å². The van der Waals surface area contributed by atoms with E-state index in [1.807, 2.05) is 7.05 Å². The Bertz CT molecular complexity index is 582. The summed E-state index contributed by atoms with van der Waals surface area (Å²) < 4.78 is 15.5. The third-order valence-electron chi connectivity index (χ3n) is 4.96. The van der Waals surface area contributed by atoms with E-state index in [0.29, 0.717) is 5.92 Å². The maximum atomic E-state index is 5.76. The smallest absolute Gasteiger partial charge is 0.205 e. The Kier molecular flexibility index (Phi) is 8.10. The minimum atomic E-state index is 0.587. The number of nitrogens with one attached hydrogen (secondary N) is 1. The number of guanidine groups is 1. The largest absolute Gasteiger partial charge is 0.381 e. The summed E-state index contributed by atoms with van der Waals surface area (Å²) in [6, 6.07) is 0. The van der Waals surface area contributed by atoms with Crippen molar-refractivity contribution in [2.75, 3.05) is 71.1 Å². The molecule has 1 atom stereocenters. The second-order valence-corrected chi connectivity index (χ2v) is 7.68. The van der Waals surface area contributed by atoms with Crippen LogP contribution in [0.15, 0.2) is 4.99 Å². The fourth-order valence-corrected chi connectivity index (χ4v) is 4.10. The third kappa shape index (κ3) is 6.02. The van der Waals surface area contributed by atoms with E-state index in [0.717, 1.165) is 95.3 Å². The second kappa shape index (κ2) is 10.8. The first-order chi connectivity index (χ1) is 13.3. The number of piperazine rings is 1. The standard InChI is InChI=1S/C18H32N6O2S/c1-3-16-21-18(27-22-16)24-9-7-23(8-10-24)17(19-2)20-6-4-11-25-13-15-5-12-26-14-15/h15H,3-14H2,1-2H3,(H,19,20). The van der Waals surface area contributed by atoms with Crippen LogP contribution in [0.1, 0.15) is 25.6 Å². The van der Waals surface area contributed by atoms with E-state index >= 15 is 0 Å². The van der Waals surface area contributed by atoms with Gasteiger partial charge in [0, 0.05) is 76.9 Å². The summed E-state index contributed by atoms with van der Waals surface area (Å²) in [6.45, 7) is 10.1. The molecule has 9 heteroatoms. The second-order valence-electron chi connectivity index (χ2n) is 6.95. The van der Waals surface area contributed by atoms with E-state index < -0.39 is 0 Å². The molecular formula is C18H32N6O2S. The number of anilines is 1. The monoisotopic (exact) mass is 396 g/mol. The first-order valence-electron chi connectivity index (χ1n) is 9.98. The molecule has 0 aliphatic carbocycles. The minimum absolute atomic E-state index is 0.587. The highest BCUT2D eigenvalue weighted by Gasteiger charge is 2.22. The summed E-state index contributed by atoms with van der Waals surface area (Å²) in [5.41, 5.74) is 0. The summed E-state index contributed by atoms with van der Waals surface area (Å²) in [4.78, 5) is 13.7. The van der Waals surface area contributed by atoms with Crippen molar-refractivity contribution >= 4 is 22.6 Å². The van der Waals surface area contributed by atoms with Gasteiger partial charge in [-0.05, 0) is 12.8 Å². The van der Waals surface area contributed by atoms with Crippen molar-refractivity contribution in [1.82, 2.24) is 19.6 Å². The van der Waals surface area contributed by atoms with Crippen LogP contribution in [0.3, 0.4) is 0 Å². The number of hydrogen-bond acceptors (Lipinski definition) is 7. The molecule has 3 rings (SSSR count). The zero-order valence-corrected chi connectivity index (χ0v) is 17.3. The maximum Gasteiger partial charge on any atom is 0.205 e. The summed E-state index contributed by atoms with van der Waals surface area (Å²) in [6.07, 6.45) is 3.01. The van der Waals surface area contributed by atoms with Crippen LogP contribution in [0, 0.1) is 5.92 Å². The Labute approximate surface area is 166 Å². The molecule has 8 nitrogen and oxygen atoms in total. The highest BCUT2D eigenvalue weighted by Crippen LogP contribution is 2.19. The molecule has 2 saturated heterocycles. The van der Waals surface area contributed by atoms with E-state index in [1.54, 1.807) is 0 Å². The number of hydrogen-bond donors (Lipinski definition) is 1. The van der Waals surface area contributed by atoms with Crippen molar-refractivity contribution in [2.45, 2.75) is 26.2 Å². The third-order valence-corrected chi connectivity index (χ3v) is 5.78. The van der Waals surface area contributed by atoms with Gasteiger partial charge in [0.2, 0.25) is 5.13 Å². The number of aromatic nitrogens is 2. The molecule has 1 unspecified atom stereocenters. The topological polar surface area (TPSA) is 75.1 Å². The molecule has 27 heavy (non-hydrogen) atoms. The zero-order chi connectivity index (χ0) is 18.9. The van der Waals surface area contributed by atoms with Crippen molar-refractivity contribution in [1.29, 1.82) is 0 Å². The molecule has 2 aliphatic heterocycles. The van der Waals surface area contributed by atoms with Crippen LogP contribution in [-0.2, 0) is 15.9 Å². The molecule has 0 amide bonds. The number of ether oxygens (including phenoxy) is 2. The number of rotatable bonds is 8. The van der Waals surface area contributed by atoms with Gasteiger partial charge in [0.1, 0.15) is 5.82 Å². The lowest BCUT2D eigenvalue weighted by molar-refractivity contribution is 0.0887. The van der Waals surface area contributed by atoms with Gasteiger partial charge >= 0.3 is 0 Å². The fourth-order valence-electron chi connectivity index (χ4n) is 3.30. The molecule has 2 fully saturated rings. The van der Waals surface area contributed by atoms with Gasteiger partial charge in [-0.2, -0.15) is 4.37 Å². The van der Waals surface area contributed by atoms with E-state index in [4.69, 9.17) is 9.47 Å². The Morgan fingerprint density at radius 1 is 1.37 bits per heavy atom. The molecule has 3 heterocycles. The Hall–Kier alpha value is -1.45. The van der Waals surface area contributed by atoms with Crippen LogP contribution in [0.2, 0.25) is 0 Å². The average molecular weight is 397 g/mol. The highest BCUT2D eigenvalue weighted by molar-refractivity contribution is 7.09. The molecule has 152 valence electrons. The summed E-state index contributed by atoms with van der Waals surface area (Å²) in [5, 5.41) is 4.50. The van der Waals surface area contributed by atoms with Gasteiger partial charge in [-0.1, -0.05) is 6.92 Å². The molecule has 0 aromatic carbocycles. The van der Waals surface area contributed by atoms with E-state index in [-0.39, 0.29) is 0 Å². The minimum Gasteiger partial charge on any atom is -0.381 e. The van der Waals surface area contributed by atoms with E-state index in [9.17, 15) is 0 Å². The summed E-state index contributed by atoms with van der Waals surface area (Å²) in [5.74, 6) is 2.51. The molecule has 0 radical (unpaired) electrons. The zero-order valence-electron chi connectivity index (χ0n) is 16.5. The lowest BCUT2D eigenvalue weighted by Gasteiger charge is -2.36. The van der Waals surface area contributed by atoms with Gasteiger partial charge in [0.05, 0.1) is 13.2 Å². The number of aryl methyl sites for hydroxylation is 1. The van der Waals surface area contributed by atoms with Crippen molar-refractivity contribution in [3.63, 3.8) is 0 Å². The van der Waals surface area contributed by atoms with Crippen LogP contribution in [0.4, 0.5) is 5.13 Å².